The predicted molar refractivity (Wildman–Crippen MR) is 111 cm³/mol. The van der Waals surface area contributed by atoms with Crippen molar-refractivity contribution in [1.82, 2.24) is 14.2 Å². The normalized spacial score (nSPS) is 16.4. The summed E-state index contributed by atoms with van der Waals surface area (Å²) in [7, 11) is -2.13. The van der Waals surface area contributed by atoms with Gasteiger partial charge >= 0.3 is 0 Å². The first-order chi connectivity index (χ1) is 13.9. The van der Waals surface area contributed by atoms with E-state index in [0.717, 1.165) is 5.52 Å². The van der Waals surface area contributed by atoms with Crippen LogP contribution in [0.3, 0.4) is 0 Å². The molecule has 0 amide bonds. The van der Waals surface area contributed by atoms with Crippen LogP contribution in [0.1, 0.15) is 5.89 Å². The number of piperazine rings is 1. The summed E-state index contributed by atoms with van der Waals surface area (Å²) in [6.45, 7) is 2.40. The minimum atomic E-state index is -3.62. The van der Waals surface area contributed by atoms with E-state index in [-0.39, 0.29) is 9.92 Å². The molecule has 0 spiro atoms. The van der Waals surface area contributed by atoms with Gasteiger partial charge in [0.15, 0.2) is 5.58 Å². The fourth-order valence-electron chi connectivity index (χ4n) is 3.29. The Kier molecular flexibility index (Phi) is 5.72. The number of hydrogen-bond donors (Lipinski definition) is 0. The number of nitrogens with zero attached hydrogens (tertiary/aromatic N) is 3. The minimum Gasteiger partial charge on any atom is -0.495 e. The molecule has 1 aliphatic heterocycles. The molecule has 29 heavy (non-hydrogen) atoms. The van der Waals surface area contributed by atoms with Gasteiger partial charge in [0, 0.05) is 37.3 Å². The van der Waals surface area contributed by atoms with E-state index in [1.807, 2.05) is 6.07 Å². The summed E-state index contributed by atoms with van der Waals surface area (Å²) in [4.78, 5) is 6.73. The molecule has 4 rings (SSSR count). The molecule has 1 fully saturated rings. The fraction of sp³-hybridized carbons (Fsp3) is 0.316. The first-order valence-electron chi connectivity index (χ1n) is 8.98. The average Bonchev–Trinajstić information content (AvgIpc) is 3.09. The van der Waals surface area contributed by atoms with Crippen LogP contribution in [0.2, 0.25) is 10.0 Å². The second-order valence-electron chi connectivity index (χ2n) is 6.70. The summed E-state index contributed by atoms with van der Waals surface area (Å²) in [6, 6.07) is 9.81. The van der Waals surface area contributed by atoms with Gasteiger partial charge in [-0.05, 0) is 30.3 Å². The summed E-state index contributed by atoms with van der Waals surface area (Å²) in [5.74, 6) is 1.02. The Hall–Kier alpha value is -1.84. The van der Waals surface area contributed by atoms with Crippen LogP contribution in [0.5, 0.6) is 5.75 Å². The molecule has 1 aromatic heterocycles. The largest absolute Gasteiger partial charge is 0.495 e. The molecule has 2 aromatic carbocycles. The van der Waals surface area contributed by atoms with Crippen molar-refractivity contribution in [2.24, 2.45) is 0 Å². The zero-order valence-corrected chi connectivity index (χ0v) is 18.0. The third-order valence-corrected chi connectivity index (χ3v) is 7.27. The maximum atomic E-state index is 12.9. The number of methoxy groups -OCH3 is 1. The maximum Gasteiger partial charge on any atom is 0.243 e. The van der Waals surface area contributed by atoms with E-state index in [4.69, 9.17) is 32.4 Å². The van der Waals surface area contributed by atoms with E-state index < -0.39 is 10.0 Å². The summed E-state index contributed by atoms with van der Waals surface area (Å²) >= 11 is 12.1. The zero-order valence-electron chi connectivity index (χ0n) is 15.6. The lowest BCUT2D eigenvalue weighted by Gasteiger charge is -2.33. The Balaban J connectivity index is 1.42. The third kappa shape index (κ3) is 4.22. The molecule has 1 saturated heterocycles. The predicted octanol–water partition coefficient (Wildman–Crippen LogP) is 3.65. The Morgan fingerprint density at radius 3 is 2.55 bits per heavy atom. The van der Waals surface area contributed by atoms with Gasteiger partial charge in [0.1, 0.15) is 11.3 Å². The van der Waals surface area contributed by atoms with Crippen LogP contribution in [0.15, 0.2) is 45.7 Å². The molecule has 7 nitrogen and oxygen atoms in total. The van der Waals surface area contributed by atoms with Crippen LogP contribution in [0, 0.1) is 0 Å². The first kappa shape index (κ1) is 20.4. The number of hydrogen-bond acceptors (Lipinski definition) is 6. The van der Waals surface area contributed by atoms with Gasteiger partial charge in [0.2, 0.25) is 15.9 Å². The zero-order chi connectivity index (χ0) is 20.6. The SMILES string of the molecule is COc1ccc(S(=O)(=O)N2CCN(Cc3nc4ccc(Cl)cc4o3)CC2)cc1Cl. The molecule has 0 atom stereocenters. The number of aromatic nitrogens is 1. The Labute approximate surface area is 178 Å². The highest BCUT2D eigenvalue weighted by atomic mass is 35.5. The highest BCUT2D eigenvalue weighted by Crippen LogP contribution is 2.29. The number of fused-ring (bicyclic) bond motifs is 1. The number of benzene rings is 2. The lowest BCUT2D eigenvalue weighted by Crippen LogP contribution is -2.48. The number of halogens is 2. The molecule has 154 valence electrons. The number of rotatable bonds is 5. The van der Waals surface area contributed by atoms with E-state index in [9.17, 15) is 8.42 Å². The smallest absolute Gasteiger partial charge is 0.243 e. The van der Waals surface area contributed by atoms with Gasteiger partial charge in [-0.3, -0.25) is 4.90 Å². The molecule has 0 aliphatic carbocycles. The summed E-state index contributed by atoms with van der Waals surface area (Å²) in [6.07, 6.45) is 0. The topological polar surface area (TPSA) is 75.9 Å². The van der Waals surface area contributed by atoms with Gasteiger partial charge in [0.05, 0.1) is 23.6 Å². The van der Waals surface area contributed by atoms with Crippen molar-refractivity contribution in [3.63, 3.8) is 0 Å². The summed E-state index contributed by atoms with van der Waals surface area (Å²) in [5, 5.41) is 0.862. The molecule has 3 aromatic rings. The van der Waals surface area contributed by atoms with Crippen molar-refractivity contribution in [2.75, 3.05) is 33.3 Å². The minimum absolute atomic E-state index is 0.160. The molecule has 0 saturated carbocycles. The van der Waals surface area contributed by atoms with Crippen LogP contribution >= 0.6 is 23.2 Å². The van der Waals surface area contributed by atoms with Crippen LogP contribution in [0.4, 0.5) is 0 Å². The highest BCUT2D eigenvalue weighted by Gasteiger charge is 2.29. The van der Waals surface area contributed by atoms with Crippen LogP contribution in [-0.2, 0) is 16.6 Å². The van der Waals surface area contributed by atoms with Gasteiger partial charge in [-0.1, -0.05) is 23.2 Å². The van der Waals surface area contributed by atoms with Crippen LogP contribution in [-0.4, -0.2) is 55.9 Å². The van der Waals surface area contributed by atoms with Crippen molar-refractivity contribution in [1.29, 1.82) is 0 Å². The molecule has 0 N–H and O–H groups in total. The number of ether oxygens (including phenoxy) is 1. The number of oxazole rings is 1. The van der Waals surface area contributed by atoms with Crippen molar-refractivity contribution in [2.45, 2.75) is 11.4 Å². The second kappa shape index (κ2) is 8.12. The highest BCUT2D eigenvalue weighted by molar-refractivity contribution is 7.89. The standard InChI is InChI=1S/C19H19Cl2N3O4S/c1-27-17-5-3-14(11-15(17)21)29(25,26)24-8-6-23(7-9-24)12-19-22-16-4-2-13(20)10-18(16)28-19/h2-5,10-11H,6-9,12H2,1H3. The number of sulfonamides is 1. The van der Waals surface area contributed by atoms with Gasteiger partial charge in [0.25, 0.3) is 0 Å². The molecule has 0 unspecified atom stereocenters. The Morgan fingerprint density at radius 1 is 1.10 bits per heavy atom. The van der Waals surface area contributed by atoms with Crippen LogP contribution in [0.25, 0.3) is 11.1 Å². The van der Waals surface area contributed by atoms with Gasteiger partial charge in [-0.2, -0.15) is 4.31 Å². The van der Waals surface area contributed by atoms with Gasteiger partial charge < -0.3 is 9.15 Å². The molecule has 0 radical (unpaired) electrons. The molecular weight excluding hydrogens is 437 g/mol. The summed E-state index contributed by atoms with van der Waals surface area (Å²) < 4.78 is 38.1. The summed E-state index contributed by atoms with van der Waals surface area (Å²) in [5.41, 5.74) is 1.40. The molecule has 2 heterocycles. The second-order valence-corrected chi connectivity index (χ2v) is 9.48. The first-order valence-corrected chi connectivity index (χ1v) is 11.2. The Bertz CT molecular complexity index is 1140. The molecular formula is C19H19Cl2N3O4S. The van der Waals surface area contributed by atoms with E-state index in [1.54, 1.807) is 18.2 Å². The van der Waals surface area contributed by atoms with Gasteiger partial charge in [-0.25, -0.2) is 13.4 Å². The monoisotopic (exact) mass is 455 g/mol. The van der Waals surface area contributed by atoms with Crippen molar-refractivity contribution in [3.8, 4) is 5.75 Å². The molecule has 1 aliphatic rings. The quantitative estimate of drug-likeness (QED) is 0.584. The van der Waals surface area contributed by atoms with Crippen molar-refractivity contribution >= 4 is 44.3 Å². The van der Waals surface area contributed by atoms with Crippen molar-refractivity contribution < 1.29 is 17.6 Å². The molecule has 0 bridgehead atoms. The van der Waals surface area contributed by atoms with Crippen LogP contribution < -0.4 is 4.74 Å². The average molecular weight is 456 g/mol. The lowest BCUT2D eigenvalue weighted by molar-refractivity contribution is 0.169. The lowest BCUT2D eigenvalue weighted by atomic mass is 10.3. The van der Waals surface area contributed by atoms with Crippen molar-refractivity contribution in [3.05, 3.63) is 52.3 Å². The maximum absolute atomic E-state index is 12.9. The van der Waals surface area contributed by atoms with E-state index in [2.05, 4.69) is 9.88 Å². The van der Waals surface area contributed by atoms with E-state index >= 15 is 0 Å². The Morgan fingerprint density at radius 2 is 1.86 bits per heavy atom. The fourth-order valence-corrected chi connectivity index (χ4v) is 5.22. The van der Waals surface area contributed by atoms with E-state index in [1.165, 1.54) is 23.5 Å². The van der Waals surface area contributed by atoms with Gasteiger partial charge in [-0.15, -0.1) is 0 Å². The third-order valence-electron chi connectivity index (χ3n) is 4.85. The molecule has 10 heteroatoms. The van der Waals surface area contributed by atoms with E-state index in [0.29, 0.717) is 55.0 Å².